The van der Waals surface area contributed by atoms with Gasteiger partial charge in [0.15, 0.2) is 12.4 Å². The Morgan fingerprint density at radius 3 is 1.06 bits per heavy atom. The van der Waals surface area contributed by atoms with Crippen molar-refractivity contribution in [2.45, 2.75) is 439 Å². The minimum Gasteiger partial charge on any atom is -0.465 e. The molecule has 2 saturated heterocycles. The molecule has 27 aliphatic rings. The van der Waals surface area contributed by atoms with E-state index >= 15 is 0 Å². The first-order chi connectivity index (χ1) is 65.8. The molecule has 21 nitrogen and oxygen atoms in total. The number of Topliss-reactive ketones (excluding diaryl/α,β-unsaturated/α-hetero) is 1. The van der Waals surface area contributed by atoms with Gasteiger partial charge in [-0.25, -0.2) is 13.6 Å². The molecule has 27 heteroatoms. The molecule has 0 amide bonds. The van der Waals surface area contributed by atoms with Crippen molar-refractivity contribution >= 4 is 53.5 Å². The Hall–Kier alpha value is -5.15. The number of rotatable bonds is 15. The molecule has 26 bridgehead atoms. The van der Waals surface area contributed by atoms with Gasteiger partial charge in [-0.05, 0) is 356 Å². The van der Waals surface area contributed by atoms with Crippen molar-refractivity contribution in [3.8, 4) is 0 Å². The molecule has 2 aliphatic heterocycles. The van der Waals surface area contributed by atoms with Gasteiger partial charge < -0.3 is 57.6 Å². The highest BCUT2D eigenvalue weighted by Gasteiger charge is 2.78. The lowest BCUT2D eigenvalue weighted by Gasteiger charge is -2.63. The zero-order valence-corrected chi connectivity index (χ0v) is 92.3. The van der Waals surface area contributed by atoms with Gasteiger partial charge in [-0.2, -0.15) is 17.6 Å². The van der Waals surface area contributed by atoms with Crippen LogP contribution >= 0.6 is 0 Å². The molecule has 2 N–H and O–H groups in total. The van der Waals surface area contributed by atoms with E-state index in [0.717, 1.165) is 164 Å². The molecular weight excluding hydrogens is 1860 g/mol. The molecule has 27 fully saturated rings. The van der Waals surface area contributed by atoms with E-state index in [1.54, 1.807) is 41.5 Å². The van der Waals surface area contributed by atoms with Crippen LogP contribution in [0.3, 0.4) is 0 Å². The average molecular weight is 2040 g/mol. The van der Waals surface area contributed by atoms with Crippen LogP contribution in [0.5, 0.6) is 0 Å². The van der Waals surface area contributed by atoms with E-state index in [1.807, 2.05) is 0 Å². The number of carbonyl (C=O) groups is 9. The standard InChI is InChI=1S/C20H28F4O4.C17H28O2.C16H24F2O4.2C16H26O3.C16H24O3.C16H26O2/c1-16(2,3)15(25)26-9-17-6-12-4-13(7-17)20(14(5-12)8-17)27-10-18(21,22)19(23,24)11-28-20;1-15(2,3)11-19-14(18)17-8-12-5-13(9-17)7-16(4,6-12)10-17;1-12(2,3)16(17,18)9-21-11(20)15-8-7-14(6,10(19)22-15)13(15,4)5;1-14(2,3)10-19-13(17)15-5-11-4-12(6-15)8-16(18,7-11)9-15;2*1-15(2,3)9-19-14(18)16-6-10-4-11(7-16)13(17)12(5-10)8-16;1-15(2,3)10-18-14(17)16-7-11-4-12(8-16)6-13(5-11)9-16/h12-14H,4-11H2,1-3H3;12-13H,5-11H2,1-4H3;7-9H2,1-6H3;11-12,18H,4-10H2,1-3H3;10-13,17H,4-9H2,1-3H3;10-12H,4-9H2,1-3H3;11-13H,4-10H2,1-3H3. The van der Waals surface area contributed by atoms with Gasteiger partial charge in [0.05, 0.1) is 89.3 Å². The van der Waals surface area contributed by atoms with Gasteiger partial charge in [0, 0.05) is 39.9 Å². The van der Waals surface area contributed by atoms with E-state index in [-0.39, 0.29) is 132 Å². The Bertz CT molecular complexity index is 4540. The molecule has 1 spiro atoms. The predicted octanol–water partition coefficient (Wildman–Crippen LogP) is 24.4. The largest absolute Gasteiger partial charge is 0.465 e. The summed E-state index contributed by atoms with van der Waals surface area (Å²) in [6.07, 6.45) is 33.9. The van der Waals surface area contributed by atoms with Crippen LogP contribution in [0.2, 0.25) is 0 Å². The van der Waals surface area contributed by atoms with Crippen molar-refractivity contribution in [3.05, 3.63) is 0 Å². The number of aliphatic hydroxyl groups excluding tert-OH is 1. The molecule has 2 heterocycles. The number of alkyl halides is 6. The maximum absolute atomic E-state index is 14.0. The lowest BCUT2D eigenvalue weighted by molar-refractivity contribution is -0.349. The lowest BCUT2D eigenvalue weighted by atomic mass is 9.44. The fourth-order valence-corrected chi connectivity index (χ4v) is 33.2. The molecule has 0 aromatic heterocycles. The fraction of sp³-hybridized carbons (Fsp3) is 0.923. The molecule has 0 aromatic carbocycles. The van der Waals surface area contributed by atoms with Crippen LogP contribution in [-0.4, -0.2) is 164 Å². The first-order valence-electron chi connectivity index (χ1n) is 55.6. The van der Waals surface area contributed by atoms with Gasteiger partial charge in [-0.3, -0.25) is 38.4 Å². The zero-order valence-electron chi connectivity index (χ0n) is 92.3. The van der Waals surface area contributed by atoms with Crippen molar-refractivity contribution in [1.29, 1.82) is 0 Å². The minimum absolute atomic E-state index is 0.00771. The van der Waals surface area contributed by atoms with Crippen molar-refractivity contribution in [3.63, 3.8) is 0 Å². The lowest BCUT2D eigenvalue weighted by Crippen LogP contribution is -2.64. The number of ether oxygens (including phenoxy) is 10. The monoisotopic (exact) mass is 2040 g/mol. The molecule has 144 heavy (non-hydrogen) atoms. The predicted molar refractivity (Wildman–Crippen MR) is 529 cm³/mol. The van der Waals surface area contributed by atoms with E-state index in [1.165, 1.54) is 65.7 Å². The number of hydrogen-bond acceptors (Lipinski definition) is 21. The first-order valence-corrected chi connectivity index (χ1v) is 55.6. The minimum atomic E-state index is -4.24. The summed E-state index contributed by atoms with van der Waals surface area (Å²) in [4.78, 5) is 112. The van der Waals surface area contributed by atoms with Gasteiger partial charge in [0.2, 0.25) is 5.60 Å². The summed E-state index contributed by atoms with van der Waals surface area (Å²) in [6, 6.07) is 0. The normalized spacial score (nSPS) is 41.2. The molecule has 12 atom stereocenters. The summed E-state index contributed by atoms with van der Waals surface area (Å²) in [7, 11) is 0. The molecule has 27 rings (SSSR count). The van der Waals surface area contributed by atoms with Gasteiger partial charge >= 0.3 is 59.6 Å². The zero-order chi connectivity index (χ0) is 106. The first kappa shape index (κ1) is 113. The SMILES string of the molecule is CC(C)(C)C(=O)OCC12CC3CC(C1)C1(OCC(F)(F)C(F)(F)CO1)C(C3)C2.CC(C)(C)C(F)(F)COC(=O)C12CCC(C)(C(=O)O1)C2(C)C.CC(C)(C)COC(=O)C12CC3CC(C1)C(=O)C(C3)C2.CC(C)(C)COC(=O)C12CC3CC(C1)C(O)C(C3)C2.CC(C)(C)COC(=O)C12CC3CC(CC(C)(C3)C1)C2.CC(C)(C)COC(=O)C12CC3CC(CC(C3)C1)C2.CC(C)(C)COC(=O)C12CC3CC(CC(O)(C3)C1)C2. The van der Waals surface area contributed by atoms with Crippen LogP contribution in [0, 0.1) is 181 Å². The van der Waals surface area contributed by atoms with Crippen molar-refractivity contribution < 1.29 is 127 Å². The number of fused-ring (bicyclic) bond motifs is 2. The second kappa shape index (κ2) is 38.5. The van der Waals surface area contributed by atoms with Gasteiger partial charge in [0.25, 0.3) is 5.92 Å². The highest BCUT2D eigenvalue weighted by molar-refractivity contribution is 5.94. The Morgan fingerprint density at radius 2 is 0.701 bits per heavy atom. The summed E-state index contributed by atoms with van der Waals surface area (Å²) in [5.74, 6) is -6.86. The second-order valence-corrected chi connectivity index (χ2v) is 61.2. The van der Waals surface area contributed by atoms with Gasteiger partial charge in [0.1, 0.15) is 19.0 Å². The topological polar surface area (TPSA) is 286 Å². The highest BCUT2D eigenvalue weighted by Crippen LogP contribution is 2.72. The maximum Gasteiger partial charge on any atom is 0.351 e. The Labute approximate surface area is 855 Å². The molecule has 12 unspecified atom stereocenters. The van der Waals surface area contributed by atoms with Crippen LogP contribution in [0.1, 0.15) is 398 Å². The maximum atomic E-state index is 14.0. The van der Waals surface area contributed by atoms with Gasteiger partial charge in [-0.15, -0.1) is 0 Å². The molecule has 0 radical (unpaired) electrons. The molecule has 0 aromatic rings. The third-order valence-electron chi connectivity index (χ3n) is 39.0. The Balaban J connectivity index is 0.000000127. The summed E-state index contributed by atoms with van der Waals surface area (Å²) < 4.78 is 138. The van der Waals surface area contributed by atoms with Crippen molar-refractivity contribution in [2.75, 3.05) is 59.5 Å². The van der Waals surface area contributed by atoms with E-state index in [2.05, 4.69) is 111 Å². The molecule has 818 valence electrons. The number of hydrogen-bond donors (Lipinski definition) is 2. The van der Waals surface area contributed by atoms with Crippen LogP contribution in [0.15, 0.2) is 0 Å². The van der Waals surface area contributed by atoms with Crippen LogP contribution in [0.4, 0.5) is 26.3 Å². The van der Waals surface area contributed by atoms with E-state index in [9.17, 15) is 79.7 Å². The van der Waals surface area contributed by atoms with Crippen LogP contribution in [0.25, 0.3) is 0 Å². The summed E-state index contributed by atoms with van der Waals surface area (Å²) in [5.41, 5.74) is -6.31. The van der Waals surface area contributed by atoms with E-state index in [4.69, 9.17) is 47.4 Å². The Morgan fingerprint density at radius 1 is 0.368 bits per heavy atom. The number of aliphatic hydroxyl groups is 2. The second-order valence-electron chi connectivity index (χ2n) is 61.2. The number of carbonyl (C=O) groups excluding carboxylic acids is 9. The average Bonchev–Trinajstić information content (AvgIpc) is 1.51. The molecular formula is C117H182F6O21. The molecule has 25 aliphatic carbocycles. The number of ketones is 1. The van der Waals surface area contributed by atoms with E-state index in [0.29, 0.717) is 131 Å². The van der Waals surface area contributed by atoms with Crippen molar-refractivity contribution in [1.82, 2.24) is 0 Å². The van der Waals surface area contributed by atoms with Crippen LogP contribution in [-0.2, 0) is 90.5 Å². The van der Waals surface area contributed by atoms with Crippen LogP contribution < -0.4 is 0 Å². The summed E-state index contributed by atoms with van der Waals surface area (Å²) >= 11 is 0. The van der Waals surface area contributed by atoms with E-state index < -0.39 is 88.2 Å². The Kier molecular flexibility index (Phi) is 30.2. The fourth-order valence-electron chi connectivity index (χ4n) is 33.2. The summed E-state index contributed by atoms with van der Waals surface area (Å²) in [6.45, 7) is 47.8. The number of halogens is 6. The third kappa shape index (κ3) is 23.1. The number of esters is 8. The highest BCUT2D eigenvalue weighted by atomic mass is 19.3. The van der Waals surface area contributed by atoms with Gasteiger partial charge in [-0.1, -0.05) is 145 Å². The van der Waals surface area contributed by atoms with Crippen molar-refractivity contribution in [2.24, 2.45) is 181 Å². The molecule has 25 saturated carbocycles. The quantitative estimate of drug-likeness (QED) is 0.0875. The smallest absolute Gasteiger partial charge is 0.351 e. The summed E-state index contributed by atoms with van der Waals surface area (Å²) in [5, 5.41) is 20.9. The third-order valence-corrected chi connectivity index (χ3v) is 39.0.